The Morgan fingerprint density at radius 3 is 2.40 bits per heavy atom. The molecule has 0 aliphatic carbocycles. The number of amides is 3. The maximum Gasteiger partial charge on any atom is 0.263 e. The van der Waals surface area contributed by atoms with E-state index in [9.17, 15) is 14.4 Å². The average molecular weight is 407 g/mol. The van der Waals surface area contributed by atoms with E-state index < -0.39 is 23.9 Å². The lowest BCUT2D eigenvalue weighted by Gasteiger charge is -2.20. The van der Waals surface area contributed by atoms with Crippen LogP contribution >= 0.6 is 0 Å². The normalized spacial score (nSPS) is 19.9. The van der Waals surface area contributed by atoms with Gasteiger partial charge in [0.2, 0.25) is 5.91 Å². The van der Waals surface area contributed by atoms with Crippen molar-refractivity contribution in [2.45, 2.75) is 25.4 Å². The minimum atomic E-state index is -0.948. The summed E-state index contributed by atoms with van der Waals surface area (Å²) < 4.78 is 5.11. The van der Waals surface area contributed by atoms with Crippen LogP contribution < -0.4 is 15.0 Å². The van der Waals surface area contributed by atoms with Crippen molar-refractivity contribution >= 4 is 29.1 Å². The predicted molar refractivity (Wildman–Crippen MR) is 109 cm³/mol. The van der Waals surface area contributed by atoms with E-state index in [1.165, 1.54) is 12.1 Å². The molecule has 2 heterocycles. The van der Waals surface area contributed by atoms with E-state index >= 15 is 0 Å². The van der Waals surface area contributed by atoms with Crippen molar-refractivity contribution in [3.05, 3.63) is 54.1 Å². The molecule has 1 saturated heterocycles. The third-order valence-electron chi connectivity index (χ3n) is 5.14. The fraction of sp³-hybridized carbons (Fsp3) is 0.286. The number of hydrogen-bond donors (Lipinski definition) is 1. The third-order valence-corrected chi connectivity index (χ3v) is 5.14. The summed E-state index contributed by atoms with van der Waals surface area (Å²) in [5.74, 6) is -0.651. The smallest absolute Gasteiger partial charge is 0.263 e. The maximum atomic E-state index is 13.0. The molecule has 1 fully saturated rings. The molecule has 4 rings (SSSR count). The van der Waals surface area contributed by atoms with Crippen LogP contribution in [0.25, 0.3) is 0 Å². The molecule has 9 nitrogen and oxygen atoms in total. The Labute approximate surface area is 173 Å². The summed E-state index contributed by atoms with van der Waals surface area (Å²) in [5, 5.41) is 11.9. The van der Waals surface area contributed by atoms with Crippen LogP contribution in [0.2, 0.25) is 0 Å². The number of aryl methyl sites for hydroxylation is 1. The average Bonchev–Trinajstić information content (AvgIpc) is 3.28. The van der Waals surface area contributed by atoms with Gasteiger partial charge in [0.15, 0.2) is 12.1 Å². The van der Waals surface area contributed by atoms with Crippen LogP contribution in [-0.4, -0.2) is 48.5 Å². The van der Waals surface area contributed by atoms with E-state index in [0.29, 0.717) is 17.1 Å². The first-order valence-electron chi connectivity index (χ1n) is 9.60. The van der Waals surface area contributed by atoms with Crippen LogP contribution in [0.1, 0.15) is 12.5 Å². The monoisotopic (exact) mass is 407 g/mol. The van der Waals surface area contributed by atoms with Gasteiger partial charge >= 0.3 is 0 Å². The summed E-state index contributed by atoms with van der Waals surface area (Å²) in [6.07, 6.45) is 0.909. The van der Waals surface area contributed by atoms with E-state index in [-0.39, 0.29) is 12.5 Å². The van der Waals surface area contributed by atoms with Gasteiger partial charge in [0.05, 0.1) is 12.8 Å². The molecule has 0 bridgehead atoms. The molecule has 9 heteroatoms. The highest BCUT2D eigenvalue weighted by atomic mass is 16.5. The first-order valence-corrected chi connectivity index (χ1v) is 9.60. The first-order chi connectivity index (χ1) is 14.5. The second-order valence-electron chi connectivity index (χ2n) is 7.00. The lowest BCUT2D eigenvalue weighted by molar-refractivity contribution is -0.123. The Morgan fingerprint density at radius 2 is 1.77 bits per heavy atom. The van der Waals surface area contributed by atoms with E-state index in [4.69, 9.17) is 4.74 Å². The van der Waals surface area contributed by atoms with E-state index in [1.807, 2.05) is 24.3 Å². The zero-order chi connectivity index (χ0) is 21.3. The lowest BCUT2D eigenvalue weighted by Crippen LogP contribution is -2.43. The quantitative estimate of drug-likeness (QED) is 0.740. The van der Waals surface area contributed by atoms with Crippen molar-refractivity contribution in [1.82, 2.24) is 5.01 Å². The van der Waals surface area contributed by atoms with Gasteiger partial charge < -0.3 is 10.1 Å². The number of rotatable bonds is 6. The van der Waals surface area contributed by atoms with Crippen LogP contribution in [-0.2, 0) is 20.8 Å². The molecule has 2 aromatic carbocycles. The zero-order valence-corrected chi connectivity index (χ0v) is 16.6. The molecule has 154 valence electrons. The number of carbonyl (C=O) groups is 3. The number of carbonyl (C=O) groups excluding carboxylic acids is 3. The second kappa shape index (κ2) is 7.94. The Balaban J connectivity index is 1.45. The van der Waals surface area contributed by atoms with Crippen LogP contribution in [0, 0.1) is 0 Å². The zero-order valence-electron chi connectivity index (χ0n) is 16.6. The molecule has 0 spiro atoms. The number of ether oxygens (including phenoxy) is 1. The summed E-state index contributed by atoms with van der Waals surface area (Å²) in [6.45, 7) is 1.87. The van der Waals surface area contributed by atoms with Crippen LogP contribution in [0.5, 0.6) is 5.75 Å². The van der Waals surface area contributed by atoms with Gasteiger partial charge in [-0.25, -0.2) is 4.90 Å². The molecular formula is C21H21N5O4. The van der Waals surface area contributed by atoms with Crippen molar-refractivity contribution in [3.8, 4) is 5.75 Å². The number of nitrogens with zero attached hydrogens (tertiary/aromatic N) is 4. The second-order valence-corrected chi connectivity index (χ2v) is 7.00. The molecule has 2 atom stereocenters. The van der Waals surface area contributed by atoms with Crippen LogP contribution in [0.3, 0.4) is 0 Å². The molecule has 30 heavy (non-hydrogen) atoms. The van der Waals surface area contributed by atoms with E-state index in [0.717, 1.165) is 16.9 Å². The summed E-state index contributed by atoms with van der Waals surface area (Å²) >= 11 is 0. The van der Waals surface area contributed by atoms with Gasteiger partial charge in [-0.3, -0.25) is 19.4 Å². The van der Waals surface area contributed by atoms with Gasteiger partial charge in [-0.2, -0.15) is 5.11 Å². The van der Waals surface area contributed by atoms with Crippen molar-refractivity contribution in [2.24, 2.45) is 10.3 Å². The van der Waals surface area contributed by atoms with Crippen molar-refractivity contribution in [2.75, 3.05) is 23.9 Å². The molecule has 0 unspecified atom stereocenters. The van der Waals surface area contributed by atoms with Gasteiger partial charge in [0.1, 0.15) is 12.3 Å². The number of imide groups is 1. The number of anilines is 2. The fourth-order valence-electron chi connectivity index (χ4n) is 3.51. The fourth-order valence-corrected chi connectivity index (χ4v) is 3.51. The third kappa shape index (κ3) is 3.49. The van der Waals surface area contributed by atoms with Crippen molar-refractivity contribution in [3.63, 3.8) is 0 Å². The van der Waals surface area contributed by atoms with Crippen LogP contribution in [0.4, 0.5) is 11.4 Å². The molecule has 0 radical (unpaired) electrons. The predicted octanol–water partition coefficient (Wildman–Crippen LogP) is 2.19. The van der Waals surface area contributed by atoms with E-state index in [1.54, 1.807) is 24.3 Å². The highest BCUT2D eigenvalue weighted by Gasteiger charge is 2.55. The van der Waals surface area contributed by atoms with Gasteiger partial charge in [-0.15, -0.1) is 0 Å². The van der Waals surface area contributed by atoms with Crippen molar-refractivity contribution in [1.29, 1.82) is 0 Å². The summed E-state index contributed by atoms with van der Waals surface area (Å²) in [7, 11) is 1.53. The largest absolute Gasteiger partial charge is 0.497 e. The number of benzene rings is 2. The standard InChI is InChI=1S/C21H21N5O4/c1-3-13-4-6-14(7-5-13)22-17(27)12-25-19-18(23-24-25)20(28)26(21(19)29)15-8-10-16(30-2)11-9-15/h4-11,18-19H,3,12H2,1-2H3,(H,22,27)/t18-,19-/m0/s1. The summed E-state index contributed by atoms with van der Waals surface area (Å²) in [4.78, 5) is 39.2. The van der Waals surface area contributed by atoms with Gasteiger partial charge in [-0.05, 0) is 48.4 Å². The summed E-state index contributed by atoms with van der Waals surface area (Å²) in [6, 6.07) is 12.2. The molecule has 0 aromatic heterocycles. The number of fused-ring (bicyclic) bond motifs is 1. The summed E-state index contributed by atoms with van der Waals surface area (Å²) in [5.41, 5.74) is 2.24. The van der Waals surface area contributed by atoms with E-state index in [2.05, 4.69) is 22.6 Å². The lowest BCUT2D eigenvalue weighted by atomic mass is 10.1. The Hall–Kier alpha value is -3.75. The SMILES string of the molecule is CCc1ccc(NC(=O)CN2N=N[C@@H]3C(=O)N(c4ccc(OC)cc4)C(=O)[C@H]32)cc1. The molecule has 2 aromatic rings. The Kier molecular flexibility index (Phi) is 5.18. The highest BCUT2D eigenvalue weighted by Crippen LogP contribution is 2.32. The topological polar surface area (TPSA) is 104 Å². The minimum Gasteiger partial charge on any atom is -0.497 e. The molecule has 0 saturated carbocycles. The minimum absolute atomic E-state index is 0.185. The Bertz CT molecular complexity index is 1000. The molecule has 1 N–H and O–H groups in total. The molecule has 2 aliphatic heterocycles. The molecular weight excluding hydrogens is 386 g/mol. The number of methoxy groups -OCH3 is 1. The molecule has 2 aliphatic rings. The van der Waals surface area contributed by atoms with Gasteiger partial charge in [0.25, 0.3) is 11.8 Å². The number of hydrogen-bond acceptors (Lipinski definition) is 7. The van der Waals surface area contributed by atoms with Gasteiger partial charge in [-0.1, -0.05) is 24.3 Å². The number of nitrogens with one attached hydrogen (secondary N) is 1. The Morgan fingerprint density at radius 1 is 1.07 bits per heavy atom. The first kappa shape index (κ1) is 19.6. The van der Waals surface area contributed by atoms with Crippen LogP contribution in [0.15, 0.2) is 58.9 Å². The maximum absolute atomic E-state index is 13.0. The van der Waals surface area contributed by atoms with Crippen molar-refractivity contribution < 1.29 is 19.1 Å². The van der Waals surface area contributed by atoms with Gasteiger partial charge in [0, 0.05) is 5.69 Å². The highest BCUT2D eigenvalue weighted by molar-refractivity contribution is 6.25. The molecule has 3 amide bonds.